The third-order valence-corrected chi connectivity index (χ3v) is 7.75. The highest BCUT2D eigenvalue weighted by Gasteiger charge is 2.58. The number of alkyl carbamates (subject to hydrolysis) is 1. The second-order valence-corrected chi connectivity index (χ2v) is 11.1. The van der Waals surface area contributed by atoms with Crippen molar-refractivity contribution in [1.82, 2.24) is 5.32 Å². The molecular formula is C25H34N2O5. The zero-order valence-electron chi connectivity index (χ0n) is 19.2. The lowest BCUT2D eigenvalue weighted by Crippen LogP contribution is -3.24. The monoisotopic (exact) mass is 442 g/mol. The second kappa shape index (κ2) is 7.89. The molecule has 1 amide bonds. The first kappa shape index (κ1) is 22.8. The number of hydrogen-bond donors (Lipinski definition) is 3. The first-order chi connectivity index (χ1) is 15.0. The predicted molar refractivity (Wildman–Crippen MR) is 121 cm³/mol. The van der Waals surface area contributed by atoms with Crippen LogP contribution in [-0.4, -0.2) is 40.4 Å². The lowest BCUT2D eigenvalue weighted by atomic mass is 9.70. The molecule has 3 N–H and O–H groups in total. The number of carbonyl (C=O) groups excluding carboxylic acids is 1. The fourth-order valence-corrected chi connectivity index (χ4v) is 6.73. The van der Waals surface area contributed by atoms with Crippen LogP contribution >= 0.6 is 0 Å². The Bertz CT molecular complexity index is 848. The molecule has 3 aliphatic carbocycles. The number of hydroxylamine groups is 2. The molecule has 4 rings (SSSR count). The fraction of sp³-hybridized carbons (Fsp3) is 0.600. The van der Waals surface area contributed by atoms with Gasteiger partial charge in [-0.25, -0.2) is 9.59 Å². The molecule has 7 nitrogen and oxygen atoms in total. The number of rotatable bonds is 4. The Morgan fingerprint density at radius 3 is 1.81 bits per heavy atom. The third-order valence-electron chi connectivity index (χ3n) is 7.75. The minimum atomic E-state index is -1.54. The lowest BCUT2D eigenvalue weighted by Gasteiger charge is -2.57. The number of amides is 1. The highest BCUT2D eigenvalue weighted by atomic mass is 16.5. The Balaban J connectivity index is 1.47. The average molecular weight is 443 g/mol. The quantitative estimate of drug-likeness (QED) is 0.581. The van der Waals surface area contributed by atoms with Gasteiger partial charge in [0, 0.05) is 18.8 Å². The summed E-state index contributed by atoms with van der Waals surface area (Å²) < 4.78 is 5.65. The summed E-state index contributed by atoms with van der Waals surface area (Å²) >= 11 is 0. The number of ether oxygens (including phenoxy) is 1. The standard InChI is InChI=1S/C25H34N2O5/c1-23(2)14-25(21(28)29,15-24(3,4)27(23)31)26-22(30)32-13-20-18-11-7-5-9-16(18)17-10-6-8-12-19(17)20/h5-12,16-20,27H,13-15H2,1-4H3,(H,26,30)(H,28,29). The Kier molecular flexibility index (Phi) is 5.62. The van der Waals surface area contributed by atoms with Gasteiger partial charge in [-0.05, 0) is 51.4 Å². The van der Waals surface area contributed by atoms with Gasteiger partial charge in [0.2, 0.25) is 0 Å². The van der Waals surface area contributed by atoms with Crippen LogP contribution in [0.1, 0.15) is 40.5 Å². The van der Waals surface area contributed by atoms with Crippen molar-refractivity contribution in [1.29, 1.82) is 0 Å². The first-order valence-electron chi connectivity index (χ1n) is 11.4. The minimum Gasteiger partial charge on any atom is -0.634 e. The molecule has 0 aromatic heterocycles. The molecule has 0 bridgehead atoms. The third kappa shape index (κ3) is 3.82. The van der Waals surface area contributed by atoms with Crippen LogP contribution in [0.5, 0.6) is 0 Å². The number of piperidine rings is 1. The van der Waals surface area contributed by atoms with Crippen LogP contribution in [0.25, 0.3) is 0 Å². The van der Waals surface area contributed by atoms with Gasteiger partial charge in [0.15, 0.2) is 5.54 Å². The Morgan fingerprint density at radius 1 is 0.938 bits per heavy atom. The molecule has 4 aliphatic rings. The van der Waals surface area contributed by atoms with Gasteiger partial charge >= 0.3 is 12.1 Å². The van der Waals surface area contributed by atoms with E-state index in [2.05, 4.69) is 41.8 Å². The van der Waals surface area contributed by atoms with Crippen molar-refractivity contribution >= 4 is 12.1 Å². The number of hydrogen-bond acceptors (Lipinski definition) is 4. The molecule has 7 heteroatoms. The normalized spacial score (nSPS) is 40.4. The SMILES string of the molecule is CC1(C)CC(NC(=O)OCC2C3C=CC=CC3C3C=CC=CC32)(C(=O)O)CC(C)(C)[NH+]1[O-]. The Labute approximate surface area is 189 Å². The molecule has 4 atom stereocenters. The maximum atomic E-state index is 12.9. The summed E-state index contributed by atoms with van der Waals surface area (Å²) in [5.41, 5.74) is -3.27. The first-order valence-corrected chi connectivity index (χ1v) is 11.4. The van der Waals surface area contributed by atoms with Gasteiger partial charge in [-0.1, -0.05) is 48.6 Å². The fourth-order valence-electron chi connectivity index (χ4n) is 6.73. The molecular weight excluding hydrogens is 408 g/mol. The van der Waals surface area contributed by atoms with Crippen LogP contribution in [0.15, 0.2) is 48.6 Å². The lowest BCUT2D eigenvalue weighted by molar-refractivity contribution is -0.956. The number of aliphatic carboxylic acids is 1. The average Bonchev–Trinajstić information content (AvgIpc) is 3.04. The van der Waals surface area contributed by atoms with E-state index in [1.54, 1.807) is 27.7 Å². The summed E-state index contributed by atoms with van der Waals surface area (Å²) in [5, 5.41) is 25.5. The van der Waals surface area contributed by atoms with Crippen LogP contribution in [0.4, 0.5) is 4.79 Å². The highest BCUT2D eigenvalue weighted by molar-refractivity contribution is 5.84. The van der Waals surface area contributed by atoms with Crippen LogP contribution in [0.2, 0.25) is 0 Å². The maximum absolute atomic E-state index is 12.9. The molecule has 2 fully saturated rings. The molecule has 1 saturated heterocycles. The van der Waals surface area contributed by atoms with E-state index in [-0.39, 0.29) is 42.3 Å². The molecule has 1 saturated carbocycles. The van der Waals surface area contributed by atoms with Gasteiger partial charge in [-0.15, -0.1) is 0 Å². The van der Waals surface area contributed by atoms with Crippen molar-refractivity contribution in [3.8, 4) is 0 Å². The largest absolute Gasteiger partial charge is 0.634 e. The van der Waals surface area contributed by atoms with Gasteiger partial charge in [-0.3, -0.25) is 0 Å². The van der Waals surface area contributed by atoms with E-state index < -0.39 is 28.7 Å². The van der Waals surface area contributed by atoms with Crippen LogP contribution in [-0.2, 0) is 9.53 Å². The molecule has 0 radical (unpaired) electrons. The summed E-state index contributed by atoms with van der Waals surface area (Å²) in [6.45, 7) is 7.18. The highest BCUT2D eigenvalue weighted by Crippen LogP contribution is 2.51. The topological polar surface area (TPSA) is 103 Å². The van der Waals surface area contributed by atoms with Crippen molar-refractivity contribution in [2.24, 2.45) is 29.6 Å². The smallest absolute Gasteiger partial charge is 0.408 e. The Morgan fingerprint density at radius 2 is 1.38 bits per heavy atom. The van der Waals surface area contributed by atoms with E-state index in [1.165, 1.54) is 0 Å². The summed E-state index contributed by atoms with van der Waals surface area (Å²) in [6, 6.07) is 0. The number of carboxylic acids is 1. The van der Waals surface area contributed by atoms with E-state index >= 15 is 0 Å². The molecule has 0 aromatic rings. The van der Waals surface area contributed by atoms with E-state index in [0.717, 1.165) is 0 Å². The number of fused-ring (bicyclic) bond motifs is 3. The summed E-state index contributed by atoms with van der Waals surface area (Å²) in [4.78, 5) is 25.2. The van der Waals surface area contributed by atoms with Gasteiger partial charge < -0.3 is 25.4 Å². The van der Waals surface area contributed by atoms with Crippen molar-refractivity contribution in [3.05, 3.63) is 53.8 Å². The van der Waals surface area contributed by atoms with Gasteiger partial charge in [0.1, 0.15) is 0 Å². The molecule has 1 heterocycles. The van der Waals surface area contributed by atoms with Gasteiger partial charge in [0.25, 0.3) is 0 Å². The van der Waals surface area contributed by atoms with E-state index in [9.17, 15) is 19.9 Å². The van der Waals surface area contributed by atoms with Gasteiger partial charge in [0.05, 0.1) is 17.7 Å². The van der Waals surface area contributed by atoms with Crippen molar-refractivity contribution in [2.45, 2.75) is 57.2 Å². The molecule has 174 valence electrons. The summed E-state index contributed by atoms with van der Waals surface area (Å²) in [7, 11) is 0. The number of quaternary nitrogens is 1. The van der Waals surface area contributed by atoms with E-state index in [0.29, 0.717) is 11.8 Å². The van der Waals surface area contributed by atoms with Crippen molar-refractivity contribution in [3.63, 3.8) is 0 Å². The van der Waals surface area contributed by atoms with Crippen LogP contribution in [0, 0.1) is 34.8 Å². The number of allylic oxidation sites excluding steroid dienone is 8. The van der Waals surface area contributed by atoms with Crippen molar-refractivity contribution < 1.29 is 24.5 Å². The van der Waals surface area contributed by atoms with Crippen molar-refractivity contribution in [2.75, 3.05) is 6.61 Å². The zero-order chi connectivity index (χ0) is 23.3. The minimum absolute atomic E-state index is 0.00867. The number of carbonyl (C=O) groups is 2. The van der Waals surface area contributed by atoms with Gasteiger partial charge in [-0.2, -0.15) is 0 Å². The molecule has 1 aliphatic heterocycles. The Hall–Kier alpha value is -2.38. The van der Waals surface area contributed by atoms with Crippen LogP contribution in [0.3, 0.4) is 0 Å². The number of nitrogens with one attached hydrogen (secondary N) is 2. The van der Waals surface area contributed by atoms with E-state index in [4.69, 9.17) is 4.74 Å². The molecule has 0 spiro atoms. The zero-order valence-corrected chi connectivity index (χ0v) is 19.2. The molecule has 0 aromatic carbocycles. The van der Waals surface area contributed by atoms with Crippen LogP contribution < -0.4 is 10.4 Å². The molecule has 4 unspecified atom stereocenters. The molecule has 32 heavy (non-hydrogen) atoms. The van der Waals surface area contributed by atoms with E-state index in [1.807, 2.05) is 12.2 Å². The number of carboxylic acid groups (broad SMARTS) is 1. The summed E-state index contributed by atoms with van der Waals surface area (Å²) in [5.74, 6) is 0.283. The maximum Gasteiger partial charge on any atom is 0.408 e. The second-order valence-electron chi connectivity index (χ2n) is 11.1. The predicted octanol–water partition coefficient (Wildman–Crippen LogP) is 2.62. The summed E-state index contributed by atoms with van der Waals surface area (Å²) in [6.07, 6.45) is 16.4.